The first-order chi connectivity index (χ1) is 9.63. The quantitative estimate of drug-likeness (QED) is 0.828. The van der Waals surface area contributed by atoms with Crippen LogP contribution in [-0.4, -0.2) is 50.0 Å². The van der Waals surface area contributed by atoms with Crippen molar-refractivity contribution in [1.82, 2.24) is 24.7 Å². The van der Waals surface area contributed by atoms with Crippen molar-refractivity contribution in [2.45, 2.75) is 32.7 Å². The van der Waals surface area contributed by atoms with Crippen molar-refractivity contribution in [3.8, 4) is 5.00 Å². The Bertz CT molecular complexity index is 610. The van der Waals surface area contributed by atoms with E-state index in [1.54, 1.807) is 0 Å². The fourth-order valence-corrected chi connectivity index (χ4v) is 3.15. The molecule has 2 atom stereocenters. The molecule has 1 aliphatic heterocycles. The third-order valence-corrected chi connectivity index (χ3v) is 4.03. The molecule has 8 heteroatoms. The van der Waals surface area contributed by atoms with Gasteiger partial charge < -0.3 is 4.74 Å². The van der Waals surface area contributed by atoms with Gasteiger partial charge in [-0.2, -0.15) is 9.36 Å². The summed E-state index contributed by atoms with van der Waals surface area (Å²) in [5.41, 5.74) is -0.209. The number of ether oxygens (including phenoxy) is 1. The molecule has 1 fully saturated rings. The first-order valence-corrected chi connectivity index (χ1v) is 7.46. The third kappa shape index (κ3) is 2.67. The van der Waals surface area contributed by atoms with E-state index in [9.17, 15) is 4.79 Å². The number of morpholine rings is 1. The number of aromatic nitrogens is 4. The van der Waals surface area contributed by atoms with E-state index in [-0.39, 0.29) is 17.9 Å². The molecule has 1 saturated heterocycles. The smallest absolute Gasteiger partial charge is 0.370 e. The van der Waals surface area contributed by atoms with Gasteiger partial charge in [0.1, 0.15) is 11.7 Å². The van der Waals surface area contributed by atoms with Crippen molar-refractivity contribution in [3.63, 3.8) is 0 Å². The highest BCUT2D eigenvalue weighted by atomic mass is 32.1. The summed E-state index contributed by atoms with van der Waals surface area (Å²) in [7, 11) is 0. The molecular formula is C12H17N5O2S. The van der Waals surface area contributed by atoms with Crippen molar-refractivity contribution >= 4 is 11.3 Å². The Balaban J connectivity index is 1.77. The second-order valence-corrected chi connectivity index (χ2v) is 5.98. The van der Waals surface area contributed by atoms with Gasteiger partial charge in [0.15, 0.2) is 0 Å². The van der Waals surface area contributed by atoms with Crippen molar-refractivity contribution in [3.05, 3.63) is 28.0 Å². The minimum absolute atomic E-state index is 0.168. The van der Waals surface area contributed by atoms with Gasteiger partial charge in [0.05, 0.1) is 12.2 Å². The van der Waals surface area contributed by atoms with E-state index < -0.39 is 0 Å². The highest BCUT2D eigenvalue weighted by Crippen LogP contribution is 2.12. The lowest BCUT2D eigenvalue weighted by Crippen LogP contribution is -2.47. The first-order valence-electron chi connectivity index (χ1n) is 6.58. The molecule has 2 unspecified atom stereocenters. The Labute approximate surface area is 120 Å². The molecule has 0 radical (unpaired) electrons. The summed E-state index contributed by atoms with van der Waals surface area (Å²) in [6.45, 7) is 6.11. The Morgan fingerprint density at radius 2 is 2.10 bits per heavy atom. The van der Waals surface area contributed by atoms with E-state index >= 15 is 0 Å². The Morgan fingerprint density at radius 1 is 1.35 bits per heavy atom. The molecule has 0 spiro atoms. The van der Waals surface area contributed by atoms with Crippen LogP contribution in [0.2, 0.25) is 0 Å². The van der Waals surface area contributed by atoms with Crippen LogP contribution in [0.5, 0.6) is 0 Å². The van der Waals surface area contributed by atoms with E-state index in [4.69, 9.17) is 4.74 Å². The summed E-state index contributed by atoms with van der Waals surface area (Å²) in [6, 6.07) is 3.74. The van der Waals surface area contributed by atoms with E-state index in [0.29, 0.717) is 6.67 Å². The molecule has 7 nitrogen and oxygen atoms in total. The molecule has 0 aromatic carbocycles. The number of rotatable bonds is 3. The molecule has 1 aliphatic rings. The summed E-state index contributed by atoms with van der Waals surface area (Å²) < 4.78 is 8.40. The molecule has 2 aromatic heterocycles. The van der Waals surface area contributed by atoms with E-state index in [2.05, 4.69) is 15.3 Å². The third-order valence-electron chi connectivity index (χ3n) is 3.18. The van der Waals surface area contributed by atoms with Gasteiger partial charge in [-0.15, -0.1) is 11.3 Å². The summed E-state index contributed by atoms with van der Waals surface area (Å²) in [5, 5.41) is 10.6. The van der Waals surface area contributed by atoms with Gasteiger partial charge >= 0.3 is 5.69 Å². The normalized spacial score (nSPS) is 24.1. The number of hydrogen-bond acceptors (Lipinski definition) is 6. The lowest BCUT2D eigenvalue weighted by atomic mass is 10.2. The average Bonchev–Trinajstić information content (AvgIpc) is 2.99. The highest BCUT2D eigenvalue weighted by molar-refractivity contribution is 7.12. The first kappa shape index (κ1) is 13.5. The van der Waals surface area contributed by atoms with Gasteiger partial charge in [-0.25, -0.2) is 4.79 Å². The molecule has 0 aliphatic carbocycles. The van der Waals surface area contributed by atoms with Crippen molar-refractivity contribution < 1.29 is 4.74 Å². The van der Waals surface area contributed by atoms with Crippen LogP contribution in [0.15, 0.2) is 22.3 Å². The maximum Gasteiger partial charge on any atom is 0.370 e. The maximum atomic E-state index is 12.3. The zero-order chi connectivity index (χ0) is 14.1. The van der Waals surface area contributed by atoms with Gasteiger partial charge in [-0.1, -0.05) is 0 Å². The van der Waals surface area contributed by atoms with Crippen LogP contribution < -0.4 is 5.69 Å². The number of tetrazole rings is 1. The molecule has 0 bridgehead atoms. The van der Waals surface area contributed by atoms with E-state index in [1.165, 1.54) is 20.7 Å². The van der Waals surface area contributed by atoms with Gasteiger partial charge in [-0.3, -0.25) is 4.90 Å². The number of thiophene rings is 1. The van der Waals surface area contributed by atoms with E-state index in [1.807, 2.05) is 31.4 Å². The second-order valence-electron chi connectivity index (χ2n) is 5.06. The lowest BCUT2D eigenvalue weighted by Gasteiger charge is -2.34. The maximum absolute atomic E-state index is 12.3. The van der Waals surface area contributed by atoms with Crippen LogP contribution in [0.4, 0.5) is 0 Å². The zero-order valence-electron chi connectivity index (χ0n) is 11.5. The van der Waals surface area contributed by atoms with Crippen LogP contribution in [-0.2, 0) is 11.4 Å². The predicted octanol–water partition coefficient (Wildman–Crippen LogP) is 0.557. The molecule has 20 heavy (non-hydrogen) atoms. The highest BCUT2D eigenvalue weighted by Gasteiger charge is 2.23. The Morgan fingerprint density at radius 3 is 2.75 bits per heavy atom. The Kier molecular flexibility index (Phi) is 3.68. The van der Waals surface area contributed by atoms with Gasteiger partial charge in [0.25, 0.3) is 0 Å². The molecule has 0 N–H and O–H groups in total. The molecule has 2 aromatic rings. The van der Waals surface area contributed by atoms with Gasteiger partial charge in [0.2, 0.25) is 0 Å². The van der Waals surface area contributed by atoms with Gasteiger partial charge in [0, 0.05) is 13.1 Å². The van der Waals surface area contributed by atoms with Crippen LogP contribution >= 0.6 is 11.3 Å². The fourth-order valence-electron chi connectivity index (χ4n) is 2.48. The number of hydrogen-bond donors (Lipinski definition) is 0. The summed E-state index contributed by atoms with van der Waals surface area (Å²) in [6.07, 6.45) is 0.337. The molecule has 0 saturated carbocycles. The van der Waals surface area contributed by atoms with Gasteiger partial charge in [-0.05, 0) is 41.8 Å². The van der Waals surface area contributed by atoms with Crippen molar-refractivity contribution in [1.29, 1.82) is 0 Å². The standard InChI is InChI=1S/C12H17N5O2S/c1-9-6-15(7-10(2)19-9)8-16-12(18)17(14-13-16)11-4-3-5-20-11/h3-5,9-10H,6-8H2,1-2H3. The second kappa shape index (κ2) is 5.47. The summed E-state index contributed by atoms with van der Waals surface area (Å²) in [5.74, 6) is 0. The summed E-state index contributed by atoms with van der Waals surface area (Å²) in [4.78, 5) is 14.4. The summed E-state index contributed by atoms with van der Waals surface area (Å²) >= 11 is 1.46. The van der Waals surface area contributed by atoms with Crippen LogP contribution in [0, 0.1) is 0 Å². The fraction of sp³-hybridized carbons (Fsp3) is 0.583. The SMILES string of the molecule is CC1CN(Cn2nnn(-c3cccs3)c2=O)CC(C)O1. The predicted molar refractivity (Wildman–Crippen MR) is 75.1 cm³/mol. The Hall–Kier alpha value is -1.51. The monoisotopic (exact) mass is 295 g/mol. The van der Waals surface area contributed by atoms with Crippen molar-refractivity contribution in [2.24, 2.45) is 0 Å². The van der Waals surface area contributed by atoms with Crippen LogP contribution in [0.1, 0.15) is 13.8 Å². The zero-order valence-corrected chi connectivity index (χ0v) is 12.3. The average molecular weight is 295 g/mol. The molecular weight excluding hydrogens is 278 g/mol. The van der Waals surface area contributed by atoms with Crippen LogP contribution in [0.25, 0.3) is 5.00 Å². The topological polar surface area (TPSA) is 65.2 Å². The number of nitrogens with zero attached hydrogens (tertiary/aromatic N) is 5. The minimum atomic E-state index is -0.209. The van der Waals surface area contributed by atoms with Crippen molar-refractivity contribution in [2.75, 3.05) is 13.1 Å². The minimum Gasteiger partial charge on any atom is -0.373 e. The van der Waals surface area contributed by atoms with E-state index in [0.717, 1.165) is 18.1 Å². The molecule has 108 valence electrons. The molecule has 3 rings (SSSR count). The lowest BCUT2D eigenvalue weighted by molar-refractivity contribution is -0.0779. The largest absolute Gasteiger partial charge is 0.373 e. The van der Waals surface area contributed by atoms with Crippen LogP contribution in [0.3, 0.4) is 0 Å². The molecule has 0 amide bonds. The molecule has 3 heterocycles.